The Hall–Kier alpha value is 0.0300. The summed E-state index contributed by atoms with van der Waals surface area (Å²) in [6.07, 6.45) is 2.89. The lowest BCUT2D eigenvalue weighted by atomic mass is 10.2. The first kappa shape index (κ1) is 14.1. The molecular formula is C9H22N3O3P. The summed E-state index contributed by atoms with van der Waals surface area (Å²) in [7, 11) is -4.06. The predicted octanol–water partition coefficient (Wildman–Crippen LogP) is -0.428. The van der Waals surface area contributed by atoms with Crippen molar-refractivity contribution in [2.45, 2.75) is 31.0 Å². The van der Waals surface area contributed by atoms with Crippen LogP contribution in [0.15, 0.2) is 0 Å². The molecule has 0 aliphatic heterocycles. The molecule has 0 bridgehead atoms. The van der Waals surface area contributed by atoms with Gasteiger partial charge in [0.25, 0.3) is 0 Å². The molecule has 0 unspecified atom stereocenters. The van der Waals surface area contributed by atoms with Crippen LogP contribution in [-0.4, -0.2) is 41.2 Å². The van der Waals surface area contributed by atoms with Crippen molar-refractivity contribution >= 4 is 7.60 Å². The Morgan fingerprint density at radius 3 is 2.31 bits per heavy atom. The zero-order valence-corrected chi connectivity index (χ0v) is 10.4. The number of nitrogens with one attached hydrogen (secondary N) is 2. The van der Waals surface area contributed by atoms with E-state index in [2.05, 4.69) is 10.6 Å². The SMILES string of the molecule is NCCNCCNC1(P(=O)(O)O)CCCC1. The quantitative estimate of drug-likeness (QED) is 0.310. The molecule has 0 radical (unpaired) electrons. The molecule has 1 aliphatic rings. The number of hydrogen-bond donors (Lipinski definition) is 5. The van der Waals surface area contributed by atoms with E-state index in [1.165, 1.54) is 0 Å². The molecular weight excluding hydrogens is 229 g/mol. The average Bonchev–Trinajstić information content (AvgIpc) is 2.66. The molecule has 6 nitrogen and oxygen atoms in total. The van der Waals surface area contributed by atoms with E-state index in [9.17, 15) is 14.4 Å². The Morgan fingerprint density at radius 2 is 1.81 bits per heavy atom. The first-order valence-corrected chi connectivity index (χ1v) is 7.34. The summed E-state index contributed by atoms with van der Waals surface area (Å²) in [6.45, 7) is 2.54. The Kier molecular flexibility index (Phi) is 5.37. The maximum Gasteiger partial charge on any atom is 0.345 e. The second-order valence-corrected chi connectivity index (χ2v) is 6.19. The molecule has 16 heavy (non-hydrogen) atoms. The van der Waals surface area contributed by atoms with Crippen molar-refractivity contribution in [1.82, 2.24) is 10.6 Å². The lowest BCUT2D eigenvalue weighted by Gasteiger charge is -2.31. The van der Waals surface area contributed by atoms with E-state index in [0.717, 1.165) is 19.4 Å². The van der Waals surface area contributed by atoms with Gasteiger partial charge in [0.2, 0.25) is 0 Å². The van der Waals surface area contributed by atoms with E-state index in [1.807, 2.05) is 0 Å². The molecule has 1 rings (SSSR count). The van der Waals surface area contributed by atoms with Gasteiger partial charge in [-0.1, -0.05) is 12.8 Å². The molecule has 0 heterocycles. The van der Waals surface area contributed by atoms with Crippen molar-refractivity contribution in [3.8, 4) is 0 Å². The van der Waals surface area contributed by atoms with Gasteiger partial charge >= 0.3 is 7.60 Å². The van der Waals surface area contributed by atoms with Crippen LogP contribution >= 0.6 is 7.60 Å². The summed E-state index contributed by atoms with van der Waals surface area (Å²) in [5.74, 6) is 0. The van der Waals surface area contributed by atoms with Crippen molar-refractivity contribution in [1.29, 1.82) is 0 Å². The molecule has 1 aliphatic carbocycles. The molecule has 0 amide bonds. The van der Waals surface area contributed by atoms with E-state index in [1.54, 1.807) is 0 Å². The average molecular weight is 251 g/mol. The first-order valence-electron chi connectivity index (χ1n) is 5.73. The van der Waals surface area contributed by atoms with Gasteiger partial charge in [-0.05, 0) is 12.8 Å². The van der Waals surface area contributed by atoms with E-state index in [4.69, 9.17) is 5.73 Å². The minimum atomic E-state index is -4.06. The second-order valence-electron chi connectivity index (χ2n) is 4.25. The minimum absolute atomic E-state index is 0.561. The smallest absolute Gasteiger partial charge is 0.329 e. The lowest BCUT2D eigenvalue weighted by Crippen LogP contribution is -2.45. The van der Waals surface area contributed by atoms with Crippen LogP contribution in [-0.2, 0) is 4.57 Å². The van der Waals surface area contributed by atoms with Gasteiger partial charge in [0.1, 0.15) is 5.28 Å². The Labute approximate surface area is 96.1 Å². The molecule has 0 saturated heterocycles. The van der Waals surface area contributed by atoms with Crippen LogP contribution in [0.25, 0.3) is 0 Å². The molecule has 6 N–H and O–H groups in total. The maximum absolute atomic E-state index is 11.5. The second kappa shape index (κ2) is 6.10. The molecule has 0 aromatic heterocycles. The normalized spacial score (nSPS) is 20.2. The number of hydrogen-bond acceptors (Lipinski definition) is 4. The highest BCUT2D eigenvalue weighted by atomic mass is 31.2. The zero-order chi connectivity index (χ0) is 12.1. The van der Waals surface area contributed by atoms with Crippen molar-refractivity contribution in [2.24, 2.45) is 5.73 Å². The fourth-order valence-electron chi connectivity index (χ4n) is 2.14. The molecule has 96 valence electrons. The van der Waals surface area contributed by atoms with E-state index in [-0.39, 0.29) is 0 Å². The number of rotatable bonds is 7. The van der Waals surface area contributed by atoms with Crippen LogP contribution in [0.3, 0.4) is 0 Å². The highest BCUT2D eigenvalue weighted by molar-refractivity contribution is 7.53. The largest absolute Gasteiger partial charge is 0.345 e. The summed E-state index contributed by atoms with van der Waals surface area (Å²) in [5, 5.41) is 5.14. The maximum atomic E-state index is 11.5. The predicted molar refractivity (Wildman–Crippen MR) is 63.2 cm³/mol. The van der Waals surface area contributed by atoms with Gasteiger partial charge in [0, 0.05) is 26.2 Å². The van der Waals surface area contributed by atoms with Crippen LogP contribution in [0.4, 0.5) is 0 Å². The Bertz CT molecular complexity index is 250. The van der Waals surface area contributed by atoms with Gasteiger partial charge in [-0.25, -0.2) is 0 Å². The first-order chi connectivity index (χ1) is 7.52. The van der Waals surface area contributed by atoms with Crippen molar-refractivity contribution in [3.63, 3.8) is 0 Å². The van der Waals surface area contributed by atoms with Crippen LogP contribution in [0, 0.1) is 0 Å². The Morgan fingerprint density at radius 1 is 1.19 bits per heavy atom. The van der Waals surface area contributed by atoms with Gasteiger partial charge in [-0.2, -0.15) is 0 Å². The van der Waals surface area contributed by atoms with Gasteiger partial charge in [0.05, 0.1) is 0 Å². The summed E-state index contributed by atoms with van der Waals surface area (Å²) in [5.41, 5.74) is 5.32. The fourth-order valence-corrected chi connectivity index (χ4v) is 3.36. The highest BCUT2D eigenvalue weighted by Crippen LogP contribution is 2.56. The standard InChI is InChI=1S/C9H22N3O3P/c10-5-6-11-7-8-12-9(16(13,14)15)3-1-2-4-9/h11-12H,1-8,10H2,(H2,13,14,15). The molecule has 0 aromatic rings. The van der Waals surface area contributed by atoms with E-state index < -0.39 is 12.9 Å². The van der Waals surface area contributed by atoms with E-state index >= 15 is 0 Å². The molecule has 7 heteroatoms. The van der Waals surface area contributed by atoms with Gasteiger partial charge in [0.15, 0.2) is 0 Å². The minimum Gasteiger partial charge on any atom is -0.329 e. The third-order valence-corrected chi connectivity index (χ3v) is 4.79. The van der Waals surface area contributed by atoms with E-state index in [0.29, 0.717) is 32.5 Å². The molecule has 0 atom stereocenters. The zero-order valence-electron chi connectivity index (χ0n) is 9.48. The third kappa shape index (κ3) is 3.52. The summed E-state index contributed by atoms with van der Waals surface area (Å²) in [6, 6.07) is 0. The molecule has 1 fully saturated rings. The summed E-state index contributed by atoms with van der Waals surface area (Å²) in [4.78, 5) is 18.8. The lowest BCUT2D eigenvalue weighted by molar-refractivity contribution is 0.296. The van der Waals surface area contributed by atoms with Crippen LogP contribution < -0.4 is 16.4 Å². The van der Waals surface area contributed by atoms with Crippen molar-refractivity contribution in [3.05, 3.63) is 0 Å². The molecule has 1 saturated carbocycles. The fraction of sp³-hybridized carbons (Fsp3) is 1.00. The van der Waals surface area contributed by atoms with Gasteiger partial charge in [-0.15, -0.1) is 0 Å². The Balaban J connectivity index is 2.38. The third-order valence-electron chi connectivity index (χ3n) is 3.07. The van der Waals surface area contributed by atoms with Crippen LogP contribution in [0.5, 0.6) is 0 Å². The highest BCUT2D eigenvalue weighted by Gasteiger charge is 2.48. The van der Waals surface area contributed by atoms with Crippen LogP contribution in [0.2, 0.25) is 0 Å². The van der Waals surface area contributed by atoms with Crippen molar-refractivity contribution in [2.75, 3.05) is 26.2 Å². The van der Waals surface area contributed by atoms with Crippen LogP contribution in [0.1, 0.15) is 25.7 Å². The molecule has 0 spiro atoms. The number of nitrogens with two attached hydrogens (primary N) is 1. The topological polar surface area (TPSA) is 108 Å². The molecule has 0 aromatic carbocycles. The monoisotopic (exact) mass is 251 g/mol. The summed E-state index contributed by atoms with van der Waals surface area (Å²) < 4.78 is 11.5. The summed E-state index contributed by atoms with van der Waals surface area (Å²) >= 11 is 0. The van der Waals surface area contributed by atoms with Gasteiger partial charge < -0.3 is 20.8 Å². The van der Waals surface area contributed by atoms with Gasteiger partial charge in [-0.3, -0.25) is 9.88 Å². The van der Waals surface area contributed by atoms with Crippen molar-refractivity contribution < 1.29 is 14.4 Å².